The first kappa shape index (κ1) is 12.4. The molecule has 0 bridgehead atoms. The standard InChI is InChI=1S/C14H22N2O/c1-4-11-7-12(8-14(11)17)16-6-5-13(9(2)15)10(16)3/h5-6,11-12,14-15,17H,4,7-8H2,1-3H3. The van der Waals surface area contributed by atoms with Crippen molar-refractivity contribution in [2.24, 2.45) is 5.92 Å². The lowest BCUT2D eigenvalue weighted by atomic mass is 10.0. The van der Waals surface area contributed by atoms with Crippen molar-refractivity contribution < 1.29 is 5.11 Å². The smallest absolute Gasteiger partial charge is 0.0588 e. The van der Waals surface area contributed by atoms with Crippen LogP contribution in [0.15, 0.2) is 12.3 Å². The summed E-state index contributed by atoms with van der Waals surface area (Å²) in [6.45, 7) is 6.04. The van der Waals surface area contributed by atoms with Gasteiger partial charge in [0.1, 0.15) is 0 Å². The van der Waals surface area contributed by atoms with E-state index in [1.807, 2.05) is 13.0 Å². The quantitative estimate of drug-likeness (QED) is 0.776. The maximum Gasteiger partial charge on any atom is 0.0588 e. The van der Waals surface area contributed by atoms with Gasteiger partial charge in [0.2, 0.25) is 0 Å². The molecular weight excluding hydrogens is 212 g/mol. The summed E-state index contributed by atoms with van der Waals surface area (Å²) in [5, 5.41) is 17.7. The van der Waals surface area contributed by atoms with E-state index in [0.717, 1.165) is 30.5 Å². The highest BCUT2D eigenvalue weighted by molar-refractivity contribution is 5.97. The molecule has 2 rings (SSSR count). The highest BCUT2D eigenvalue weighted by Crippen LogP contribution is 2.37. The molecule has 3 nitrogen and oxygen atoms in total. The van der Waals surface area contributed by atoms with Crippen LogP contribution in [-0.4, -0.2) is 21.5 Å². The lowest BCUT2D eigenvalue weighted by Crippen LogP contribution is -2.11. The Hall–Kier alpha value is -1.09. The van der Waals surface area contributed by atoms with Gasteiger partial charge in [-0.2, -0.15) is 0 Å². The van der Waals surface area contributed by atoms with E-state index in [1.54, 1.807) is 0 Å². The summed E-state index contributed by atoms with van der Waals surface area (Å²) in [5.41, 5.74) is 2.80. The van der Waals surface area contributed by atoms with Crippen molar-refractivity contribution in [3.8, 4) is 0 Å². The zero-order valence-electron chi connectivity index (χ0n) is 10.9. The van der Waals surface area contributed by atoms with Gasteiger partial charge in [-0.25, -0.2) is 0 Å². The van der Waals surface area contributed by atoms with Gasteiger partial charge in [0.25, 0.3) is 0 Å². The Labute approximate surface area is 103 Å². The number of rotatable bonds is 3. The number of nitrogens with zero attached hydrogens (tertiary/aromatic N) is 1. The molecule has 3 heteroatoms. The van der Waals surface area contributed by atoms with Crippen molar-refractivity contribution in [2.45, 2.75) is 52.2 Å². The van der Waals surface area contributed by atoms with Crippen molar-refractivity contribution in [2.75, 3.05) is 0 Å². The van der Waals surface area contributed by atoms with Crippen LogP contribution in [0.2, 0.25) is 0 Å². The van der Waals surface area contributed by atoms with E-state index >= 15 is 0 Å². The van der Waals surface area contributed by atoms with E-state index in [1.165, 1.54) is 0 Å². The predicted octanol–water partition coefficient (Wildman–Crippen LogP) is 2.91. The number of hydrogen-bond donors (Lipinski definition) is 2. The van der Waals surface area contributed by atoms with E-state index in [2.05, 4.69) is 24.6 Å². The molecule has 0 aromatic carbocycles. The summed E-state index contributed by atoms with van der Waals surface area (Å²) in [6.07, 6.45) is 4.87. The topological polar surface area (TPSA) is 49.0 Å². The van der Waals surface area contributed by atoms with Gasteiger partial charge < -0.3 is 15.1 Å². The third-order valence-corrected chi connectivity index (χ3v) is 4.13. The first-order valence-corrected chi connectivity index (χ1v) is 6.45. The summed E-state index contributed by atoms with van der Waals surface area (Å²) < 4.78 is 2.24. The Kier molecular flexibility index (Phi) is 3.38. The van der Waals surface area contributed by atoms with Gasteiger partial charge in [-0.05, 0) is 38.7 Å². The van der Waals surface area contributed by atoms with Crippen LogP contribution in [0.25, 0.3) is 0 Å². The summed E-state index contributed by atoms with van der Waals surface area (Å²) in [4.78, 5) is 0. The van der Waals surface area contributed by atoms with Crippen LogP contribution in [0.4, 0.5) is 0 Å². The zero-order valence-corrected chi connectivity index (χ0v) is 10.9. The average molecular weight is 234 g/mol. The molecule has 1 aromatic rings. The van der Waals surface area contributed by atoms with Gasteiger partial charge in [0.05, 0.1) is 6.10 Å². The molecule has 0 aliphatic heterocycles. The highest BCUT2D eigenvalue weighted by Gasteiger charge is 2.33. The molecule has 17 heavy (non-hydrogen) atoms. The summed E-state index contributed by atoms with van der Waals surface area (Å²) in [5.74, 6) is 0.436. The molecule has 1 aliphatic rings. The summed E-state index contributed by atoms with van der Waals surface area (Å²) in [6, 6.07) is 2.42. The Morgan fingerprint density at radius 1 is 1.53 bits per heavy atom. The van der Waals surface area contributed by atoms with Gasteiger partial charge in [0, 0.05) is 29.2 Å². The number of aromatic nitrogens is 1. The molecule has 2 N–H and O–H groups in total. The van der Waals surface area contributed by atoms with Crippen LogP contribution in [0.1, 0.15) is 50.4 Å². The van der Waals surface area contributed by atoms with E-state index in [0.29, 0.717) is 17.7 Å². The third kappa shape index (κ3) is 2.16. The van der Waals surface area contributed by atoms with Crippen molar-refractivity contribution in [3.63, 3.8) is 0 Å². The lowest BCUT2D eigenvalue weighted by Gasteiger charge is -2.15. The zero-order chi connectivity index (χ0) is 12.6. The van der Waals surface area contributed by atoms with Crippen molar-refractivity contribution in [1.82, 2.24) is 4.57 Å². The van der Waals surface area contributed by atoms with Crippen LogP contribution < -0.4 is 0 Å². The molecule has 0 spiro atoms. The molecular formula is C14H22N2O. The monoisotopic (exact) mass is 234 g/mol. The molecule has 1 heterocycles. The number of nitrogens with one attached hydrogen (secondary N) is 1. The van der Waals surface area contributed by atoms with E-state index in [4.69, 9.17) is 5.41 Å². The molecule has 3 atom stereocenters. The average Bonchev–Trinajstić information content (AvgIpc) is 2.81. The fourth-order valence-electron chi connectivity index (χ4n) is 3.06. The van der Waals surface area contributed by atoms with Gasteiger partial charge in [0.15, 0.2) is 0 Å². The minimum Gasteiger partial charge on any atom is -0.393 e. The van der Waals surface area contributed by atoms with Crippen molar-refractivity contribution in [3.05, 3.63) is 23.5 Å². The fourth-order valence-corrected chi connectivity index (χ4v) is 3.06. The first-order chi connectivity index (χ1) is 8.04. The fraction of sp³-hybridized carbons (Fsp3) is 0.643. The van der Waals surface area contributed by atoms with Crippen LogP contribution in [0.3, 0.4) is 0 Å². The summed E-state index contributed by atoms with van der Waals surface area (Å²) in [7, 11) is 0. The highest BCUT2D eigenvalue weighted by atomic mass is 16.3. The molecule has 1 aliphatic carbocycles. The second kappa shape index (κ2) is 4.65. The van der Waals surface area contributed by atoms with Crippen LogP contribution in [-0.2, 0) is 0 Å². The second-order valence-corrected chi connectivity index (χ2v) is 5.21. The molecule has 1 fully saturated rings. The summed E-state index contributed by atoms with van der Waals surface area (Å²) >= 11 is 0. The van der Waals surface area contributed by atoms with Gasteiger partial charge >= 0.3 is 0 Å². The Bertz CT molecular complexity index is 422. The van der Waals surface area contributed by atoms with Crippen LogP contribution in [0, 0.1) is 18.3 Å². The van der Waals surface area contributed by atoms with Crippen molar-refractivity contribution >= 4 is 5.71 Å². The maximum atomic E-state index is 9.97. The minimum atomic E-state index is -0.156. The maximum absolute atomic E-state index is 9.97. The SMILES string of the molecule is CCC1CC(n2ccc(C(C)=N)c2C)CC1O. The predicted molar refractivity (Wildman–Crippen MR) is 69.7 cm³/mol. The lowest BCUT2D eigenvalue weighted by molar-refractivity contribution is 0.129. The molecule has 0 saturated heterocycles. The largest absolute Gasteiger partial charge is 0.393 e. The van der Waals surface area contributed by atoms with Gasteiger partial charge in [-0.1, -0.05) is 13.3 Å². The Morgan fingerprint density at radius 3 is 2.71 bits per heavy atom. The van der Waals surface area contributed by atoms with Gasteiger partial charge in [-0.3, -0.25) is 0 Å². The first-order valence-electron chi connectivity index (χ1n) is 6.45. The van der Waals surface area contributed by atoms with Crippen molar-refractivity contribution in [1.29, 1.82) is 5.41 Å². The number of aliphatic hydroxyl groups is 1. The van der Waals surface area contributed by atoms with E-state index in [-0.39, 0.29) is 6.10 Å². The molecule has 0 radical (unpaired) electrons. The van der Waals surface area contributed by atoms with Gasteiger partial charge in [-0.15, -0.1) is 0 Å². The number of hydrogen-bond acceptors (Lipinski definition) is 2. The molecule has 1 saturated carbocycles. The Morgan fingerprint density at radius 2 is 2.24 bits per heavy atom. The van der Waals surface area contributed by atoms with Crippen LogP contribution >= 0.6 is 0 Å². The number of aliphatic hydroxyl groups excluding tert-OH is 1. The third-order valence-electron chi connectivity index (χ3n) is 4.13. The van der Waals surface area contributed by atoms with E-state index in [9.17, 15) is 5.11 Å². The Balaban J connectivity index is 2.22. The molecule has 1 aromatic heterocycles. The molecule has 3 unspecified atom stereocenters. The normalized spacial score (nSPS) is 28.6. The minimum absolute atomic E-state index is 0.156. The second-order valence-electron chi connectivity index (χ2n) is 5.21. The molecule has 0 amide bonds. The van der Waals surface area contributed by atoms with E-state index < -0.39 is 0 Å². The molecule has 94 valence electrons. The van der Waals surface area contributed by atoms with Crippen LogP contribution in [0.5, 0.6) is 0 Å².